The maximum absolute atomic E-state index is 12.0. The zero-order valence-corrected chi connectivity index (χ0v) is 12.5. The lowest BCUT2D eigenvalue weighted by Gasteiger charge is -2.20. The summed E-state index contributed by atoms with van der Waals surface area (Å²) in [7, 11) is 0. The van der Waals surface area contributed by atoms with Crippen molar-refractivity contribution in [2.75, 3.05) is 18.5 Å². The van der Waals surface area contributed by atoms with Crippen LogP contribution in [0.3, 0.4) is 0 Å². The number of ether oxygens (including phenoxy) is 1. The molecule has 0 spiro atoms. The summed E-state index contributed by atoms with van der Waals surface area (Å²) in [5.41, 5.74) is 0.796. The van der Waals surface area contributed by atoms with Gasteiger partial charge in [-0.1, -0.05) is 6.92 Å². The summed E-state index contributed by atoms with van der Waals surface area (Å²) in [5.74, 6) is -1.22. The van der Waals surface area contributed by atoms with Crippen LogP contribution in [0.4, 0.5) is 5.69 Å². The first-order valence-electron chi connectivity index (χ1n) is 7.25. The molecule has 0 unspecified atom stereocenters. The van der Waals surface area contributed by atoms with Gasteiger partial charge in [-0.3, -0.25) is 4.79 Å². The van der Waals surface area contributed by atoms with Crippen molar-refractivity contribution in [3.63, 3.8) is 0 Å². The maximum Gasteiger partial charge on any atom is 0.345 e. The van der Waals surface area contributed by atoms with Crippen LogP contribution in [-0.4, -0.2) is 34.3 Å². The Bertz CT molecular complexity index is 841. The first-order chi connectivity index (χ1) is 11.0. The predicted octanol–water partition coefficient (Wildman–Crippen LogP) is 1.81. The van der Waals surface area contributed by atoms with E-state index in [1.54, 1.807) is 25.1 Å². The lowest BCUT2D eigenvalue weighted by Crippen LogP contribution is -2.20. The summed E-state index contributed by atoms with van der Waals surface area (Å²) in [4.78, 5) is 25.7. The monoisotopic (exact) mass is 316 g/mol. The molecule has 0 bridgehead atoms. The minimum Gasteiger partial charge on any atom is -0.506 e. The quantitative estimate of drug-likeness (QED) is 0.687. The Kier molecular flexibility index (Phi) is 3.69. The van der Waals surface area contributed by atoms with E-state index in [1.165, 1.54) is 0 Å². The number of benzene rings is 1. The number of fused-ring (bicyclic) bond motifs is 1. The van der Waals surface area contributed by atoms with Crippen LogP contribution >= 0.6 is 0 Å². The summed E-state index contributed by atoms with van der Waals surface area (Å²) in [6, 6.07) is 5.34. The largest absolute Gasteiger partial charge is 0.506 e. The molecule has 0 saturated heterocycles. The molecule has 4 N–H and O–H groups in total. The number of aromatic carboxylic acids is 1. The van der Waals surface area contributed by atoms with Gasteiger partial charge in [0.05, 0.1) is 11.4 Å². The first kappa shape index (κ1) is 15.0. The molecule has 7 nitrogen and oxygen atoms in total. The van der Waals surface area contributed by atoms with E-state index in [-0.39, 0.29) is 0 Å². The van der Waals surface area contributed by atoms with Gasteiger partial charge >= 0.3 is 5.97 Å². The van der Waals surface area contributed by atoms with Gasteiger partial charge in [0.2, 0.25) is 0 Å². The van der Waals surface area contributed by atoms with Crippen LogP contribution < -0.4 is 15.6 Å². The van der Waals surface area contributed by atoms with Gasteiger partial charge in [-0.15, -0.1) is 0 Å². The second kappa shape index (κ2) is 5.68. The maximum atomic E-state index is 12.0. The molecule has 1 aromatic heterocycles. The van der Waals surface area contributed by atoms with Gasteiger partial charge in [0.1, 0.15) is 18.1 Å². The molecule has 7 heteroatoms. The van der Waals surface area contributed by atoms with Crippen molar-refractivity contribution in [3.8, 4) is 22.8 Å². The average Bonchev–Trinajstić information content (AvgIpc) is 2.53. The van der Waals surface area contributed by atoms with Gasteiger partial charge in [0.25, 0.3) is 5.56 Å². The van der Waals surface area contributed by atoms with Crippen molar-refractivity contribution >= 4 is 11.7 Å². The standard InChI is InChI=1S/C16H16N2O5/c1-2-9-13(18-15(20)12(14(9)19)16(21)22)8-3-4-11-10(7-8)17-5-6-23-11/h3-4,7,17H,2,5-6H2,1H3,(H,21,22)(H2,18,19,20). The average molecular weight is 316 g/mol. The van der Waals surface area contributed by atoms with Crippen LogP contribution in [0.2, 0.25) is 0 Å². The lowest BCUT2D eigenvalue weighted by atomic mass is 10.00. The highest BCUT2D eigenvalue weighted by Crippen LogP contribution is 2.35. The molecule has 2 heterocycles. The summed E-state index contributed by atoms with van der Waals surface area (Å²) >= 11 is 0. The van der Waals surface area contributed by atoms with E-state index in [2.05, 4.69) is 10.3 Å². The Balaban J connectivity index is 2.20. The second-order valence-electron chi connectivity index (χ2n) is 5.18. The van der Waals surface area contributed by atoms with Crippen molar-refractivity contribution in [1.29, 1.82) is 0 Å². The van der Waals surface area contributed by atoms with E-state index in [4.69, 9.17) is 9.84 Å². The highest BCUT2D eigenvalue weighted by molar-refractivity contribution is 5.92. The number of carbonyl (C=O) groups is 1. The van der Waals surface area contributed by atoms with Crippen LogP contribution in [0.15, 0.2) is 23.0 Å². The van der Waals surface area contributed by atoms with Gasteiger partial charge in [0, 0.05) is 17.7 Å². The number of H-pyrrole nitrogens is 1. The summed E-state index contributed by atoms with van der Waals surface area (Å²) in [6.07, 6.45) is 0.374. The number of anilines is 1. The van der Waals surface area contributed by atoms with Crippen molar-refractivity contribution in [3.05, 3.63) is 39.7 Å². The predicted molar refractivity (Wildman–Crippen MR) is 84.5 cm³/mol. The van der Waals surface area contributed by atoms with Gasteiger partial charge in [-0.05, 0) is 24.6 Å². The molecule has 1 aromatic carbocycles. The number of aromatic amines is 1. The van der Waals surface area contributed by atoms with E-state index >= 15 is 0 Å². The molecule has 0 radical (unpaired) electrons. The van der Waals surface area contributed by atoms with Crippen molar-refractivity contribution in [1.82, 2.24) is 4.98 Å². The number of hydrogen-bond acceptors (Lipinski definition) is 5. The second-order valence-corrected chi connectivity index (χ2v) is 5.18. The van der Waals surface area contributed by atoms with Gasteiger partial charge in [-0.2, -0.15) is 0 Å². The third-order valence-corrected chi connectivity index (χ3v) is 3.80. The first-order valence-corrected chi connectivity index (χ1v) is 7.25. The molecule has 1 aliphatic rings. The smallest absolute Gasteiger partial charge is 0.345 e. The Morgan fingerprint density at radius 1 is 1.39 bits per heavy atom. The minimum atomic E-state index is -1.45. The Labute approximate surface area is 131 Å². The summed E-state index contributed by atoms with van der Waals surface area (Å²) < 4.78 is 5.51. The molecule has 0 saturated carbocycles. The SMILES string of the molecule is CCc1c(-c2ccc3c(c2)NCCO3)[nH]c(=O)c(C(=O)O)c1O. The molecule has 0 fully saturated rings. The van der Waals surface area contributed by atoms with Gasteiger partial charge in [-0.25, -0.2) is 4.79 Å². The van der Waals surface area contributed by atoms with Crippen molar-refractivity contribution < 1.29 is 19.7 Å². The molecular formula is C16H16N2O5. The van der Waals surface area contributed by atoms with Crippen LogP contribution in [0, 0.1) is 0 Å². The molecule has 120 valence electrons. The summed E-state index contributed by atoms with van der Waals surface area (Å²) in [5, 5.41) is 22.5. The van der Waals surface area contributed by atoms with Crippen LogP contribution in [0.25, 0.3) is 11.3 Å². The third-order valence-electron chi connectivity index (χ3n) is 3.80. The van der Waals surface area contributed by atoms with Gasteiger partial charge in [0.15, 0.2) is 5.56 Å². The normalized spacial score (nSPS) is 12.9. The van der Waals surface area contributed by atoms with Crippen LogP contribution in [0.5, 0.6) is 11.5 Å². The molecule has 0 amide bonds. The highest BCUT2D eigenvalue weighted by atomic mass is 16.5. The molecule has 2 aromatic rings. The molecule has 0 atom stereocenters. The minimum absolute atomic E-state index is 0.374. The number of hydrogen-bond donors (Lipinski definition) is 4. The fraction of sp³-hybridized carbons (Fsp3) is 0.250. The fourth-order valence-electron chi connectivity index (χ4n) is 2.71. The molecule has 0 aliphatic carbocycles. The van der Waals surface area contributed by atoms with Crippen LogP contribution in [0.1, 0.15) is 22.8 Å². The molecular weight excluding hydrogens is 300 g/mol. The number of carboxylic acid groups (broad SMARTS) is 1. The Morgan fingerprint density at radius 2 is 2.17 bits per heavy atom. The number of aromatic hydroxyl groups is 1. The summed E-state index contributed by atoms with van der Waals surface area (Å²) in [6.45, 7) is 3.04. The van der Waals surface area contributed by atoms with E-state index in [1.807, 2.05) is 0 Å². The third kappa shape index (κ3) is 2.50. The number of nitrogens with one attached hydrogen (secondary N) is 2. The Morgan fingerprint density at radius 3 is 2.87 bits per heavy atom. The molecule has 1 aliphatic heterocycles. The van der Waals surface area contributed by atoms with Crippen molar-refractivity contribution in [2.24, 2.45) is 0 Å². The van der Waals surface area contributed by atoms with Crippen molar-refractivity contribution in [2.45, 2.75) is 13.3 Å². The zero-order valence-electron chi connectivity index (χ0n) is 12.5. The number of carboxylic acids is 1. The molecule has 3 rings (SSSR count). The van der Waals surface area contributed by atoms with E-state index in [9.17, 15) is 14.7 Å². The number of rotatable bonds is 3. The highest BCUT2D eigenvalue weighted by Gasteiger charge is 2.22. The topological polar surface area (TPSA) is 112 Å². The number of pyridine rings is 1. The molecule has 23 heavy (non-hydrogen) atoms. The zero-order chi connectivity index (χ0) is 16.6. The lowest BCUT2D eigenvalue weighted by molar-refractivity contribution is 0.0691. The van der Waals surface area contributed by atoms with Gasteiger partial charge < -0.3 is 25.3 Å². The Hall–Kier alpha value is -2.96. The van der Waals surface area contributed by atoms with E-state index < -0.39 is 22.8 Å². The van der Waals surface area contributed by atoms with E-state index in [0.29, 0.717) is 42.1 Å². The number of aromatic nitrogens is 1. The van der Waals surface area contributed by atoms with Crippen LogP contribution in [-0.2, 0) is 6.42 Å². The fourth-order valence-corrected chi connectivity index (χ4v) is 2.71. The van der Waals surface area contributed by atoms with E-state index in [0.717, 1.165) is 5.69 Å².